The maximum Gasteiger partial charge on any atom is 0.276 e. The fourth-order valence-corrected chi connectivity index (χ4v) is 4.18. The fourth-order valence-electron chi connectivity index (χ4n) is 3.92. The molecule has 0 radical (unpaired) electrons. The molecule has 7 nitrogen and oxygen atoms in total. The van der Waals surface area contributed by atoms with Gasteiger partial charge in [0.25, 0.3) is 5.91 Å². The van der Waals surface area contributed by atoms with Crippen LogP contribution in [-0.4, -0.2) is 50.8 Å². The van der Waals surface area contributed by atoms with Crippen molar-refractivity contribution in [3.63, 3.8) is 0 Å². The van der Waals surface area contributed by atoms with E-state index < -0.39 is 0 Å². The topological polar surface area (TPSA) is 62.6 Å². The lowest BCUT2D eigenvalue weighted by atomic mass is 10.1. The van der Waals surface area contributed by atoms with Gasteiger partial charge in [0, 0.05) is 30.4 Å². The first-order valence-electron chi connectivity index (χ1n) is 10.3. The third-order valence-corrected chi connectivity index (χ3v) is 5.84. The van der Waals surface area contributed by atoms with Crippen molar-refractivity contribution in [3.05, 3.63) is 53.0 Å². The van der Waals surface area contributed by atoms with Crippen molar-refractivity contribution in [2.45, 2.75) is 39.4 Å². The summed E-state index contributed by atoms with van der Waals surface area (Å²) in [6.07, 6.45) is 8.06. The quantitative estimate of drug-likeness (QED) is 0.544. The van der Waals surface area contributed by atoms with Crippen molar-refractivity contribution in [2.75, 3.05) is 20.2 Å². The molecular formula is C22H27N5O2S. The number of carbonyl (C=O) groups is 1. The molecule has 1 aromatic carbocycles. The minimum atomic E-state index is -0.124. The number of rotatable bonds is 7. The van der Waals surface area contributed by atoms with E-state index in [1.807, 2.05) is 36.0 Å². The molecule has 158 valence electrons. The number of ether oxygens (including phenoxy) is 1. The maximum atomic E-state index is 12.9. The van der Waals surface area contributed by atoms with Gasteiger partial charge >= 0.3 is 0 Å². The predicted molar refractivity (Wildman–Crippen MR) is 120 cm³/mol. The van der Waals surface area contributed by atoms with Gasteiger partial charge in [0.2, 0.25) is 0 Å². The molecule has 2 fully saturated rings. The van der Waals surface area contributed by atoms with Crippen LogP contribution < -0.4 is 10.1 Å². The highest BCUT2D eigenvalue weighted by atomic mass is 32.1. The normalized spacial score (nSPS) is 18.5. The third-order valence-electron chi connectivity index (χ3n) is 5.52. The summed E-state index contributed by atoms with van der Waals surface area (Å²) in [5, 5.41) is 7.75. The molecule has 2 aliphatic rings. The molecule has 0 unspecified atom stereocenters. The van der Waals surface area contributed by atoms with Gasteiger partial charge in [-0.1, -0.05) is 6.07 Å². The number of aromatic nitrogens is 2. The minimum Gasteiger partial charge on any atom is -0.496 e. The van der Waals surface area contributed by atoms with E-state index in [0.717, 1.165) is 48.6 Å². The largest absolute Gasteiger partial charge is 0.496 e. The zero-order valence-electron chi connectivity index (χ0n) is 17.4. The average Bonchev–Trinajstić information content (AvgIpc) is 3.47. The SMILES string of the molecule is CCn1cc(CN2C(=O)/C(=C\c3ccc(OC)c(CN4CCCC4)c3)NC2=S)cn1. The molecule has 0 saturated carbocycles. The highest BCUT2D eigenvalue weighted by molar-refractivity contribution is 7.80. The summed E-state index contributed by atoms with van der Waals surface area (Å²) in [5.41, 5.74) is 3.52. The van der Waals surface area contributed by atoms with Gasteiger partial charge in [0.05, 0.1) is 19.9 Å². The summed E-state index contributed by atoms with van der Waals surface area (Å²) in [6.45, 7) is 6.31. The Hall–Kier alpha value is -2.71. The van der Waals surface area contributed by atoms with Crippen molar-refractivity contribution in [1.29, 1.82) is 0 Å². The lowest BCUT2D eigenvalue weighted by molar-refractivity contribution is -0.122. The molecule has 2 aromatic rings. The highest BCUT2D eigenvalue weighted by Gasteiger charge is 2.31. The summed E-state index contributed by atoms with van der Waals surface area (Å²) in [6, 6.07) is 6.02. The fraction of sp³-hybridized carbons (Fsp3) is 0.409. The Kier molecular flexibility index (Phi) is 6.15. The van der Waals surface area contributed by atoms with Crippen molar-refractivity contribution in [3.8, 4) is 5.75 Å². The van der Waals surface area contributed by atoms with Crippen LogP contribution in [0.25, 0.3) is 6.08 Å². The van der Waals surface area contributed by atoms with Crippen LogP contribution in [0.5, 0.6) is 5.75 Å². The van der Waals surface area contributed by atoms with Crippen LogP contribution in [0.4, 0.5) is 0 Å². The second-order valence-electron chi connectivity index (χ2n) is 7.64. The van der Waals surface area contributed by atoms with E-state index in [0.29, 0.717) is 17.4 Å². The number of likely N-dealkylation sites (tertiary alicyclic amines) is 1. The average molecular weight is 426 g/mol. The molecule has 0 bridgehead atoms. The van der Waals surface area contributed by atoms with E-state index in [4.69, 9.17) is 17.0 Å². The van der Waals surface area contributed by atoms with E-state index >= 15 is 0 Å². The van der Waals surface area contributed by atoms with Gasteiger partial charge < -0.3 is 10.1 Å². The van der Waals surface area contributed by atoms with E-state index in [-0.39, 0.29) is 5.91 Å². The van der Waals surface area contributed by atoms with Gasteiger partial charge in [-0.05, 0) is 68.8 Å². The van der Waals surface area contributed by atoms with Crippen LogP contribution in [0, 0.1) is 0 Å². The Morgan fingerprint density at radius 3 is 2.77 bits per heavy atom. The van der Waals surface area contributed by atoms with Crippen molar-refractivity contribution in [1.82, 2.24) is 24.9 Å². The molecule has 2 aliphatic heterocycles. The van der Waals surface area contributed by atoms with Crippen LogP contribution in [0.15, 0.2) is 36.3 Å². The highest BCUT2D eigenvalue weighted by Crippen LogP contribution is 2.25. The first kappa shape index (κ1) is 20.6. The van der Waals surface area contributed by atoms with Crippen LogP contribution in [0.2, 0.25) is 0 Å². The van der Waals surface area contributed by atoms with Crippen molar-refractivity contribution in [2.24, 2.45) is 0 Å². The minimum absolute atomic E-state index is 0.124. The van der Waals surface area contributed by atoms with Gasteiger partial charge in [-0.15, -0.1) is 0 Å². The summed E-state index contributed by atoms with van der Waals surface area (Å²) >= 11 is 5.41. The van der Waals surface area contributed by atoms with E-state index in [1.165, 1.54) is 12.8 Å². The number of aryl methyl sites for hydroxylation is 1. The third kappa shape index (κ3) is 4.39. The summed E-state index contributed by atoms with van der Waals surface area (Å²) < 4.78 is 7.38. The van der Waals surface area contributed by atoms with Crippen LogP contribution in [0.3, 0.4) is 0 Å². The molecule has 0 aliphatic carbocycles. The van der Waals surface area contributed by atoms with Crippen molar-refractivity contribution >= 4 is 29.3 Å². The molecule has 0 atom stereocenters. The summed E-state index contributed by atoms with van der Waals surface area (Å²) in [7, 11) is 1.69. The Morgan fingerprint density at radius 1 is 1.27 bits per heavy atom. The molecule has 1 amide bonds. The predicted octanol–water partition coefficient (Wildman–Crippen LogP) is 2.77. The smallest absolute Gasteiger partial charge is 0.276 e. The number of carbonyl (C=O) groups excluding carboxylic acids is 1. The lowest BCUT2D eigenvalue weighted by Gasteiger charge is -2.17. The lowest BCUT2D eigenvalue weighted by Crippen LogP contribution is -2.29. The van der Waals surface area contributed by atoms with Gasteiger partial charge in [-0.2, -0.15) is 5.10 Å². The second-order valence-corrected chi connectivity index (χ2v) is 8.02. The van der Waals surface area contributed by atoms with Crippen molar-refractivity contribution < 1.29 is 9.53 Å². The first-order chi connectivity index (χ1) is 14.6. The molecule has 1 aromatic heterocycles. The van der Waals surface area contributed by atoms with Gasteiger partial charge in [-0.3, -0.25) is 19.3 Å². The zero-order chi connectivity index (χ0) is 21.1. The molecule has 0 spiro atoms. The number of nitrogens with zero attached hydrogens (tertiary/aromatic N) is 4. The maximum absolute atomic E-state index is 12.9. The van der Waals surface area contributed by atoms with E-state index in [9.17, 15) is 4.79 Å². The molecule has 2 saturated heterocycles. The number of hydrogen-bond donors (Lipinski definition) is 1. The molecule has 1 N–H and O–H groups in total. The zero-order valence-corrected chi connectivity index (χ0v) is 18.2. The molecular weight excluding hydrogens is 398 g/mol. The number of hydrogen-bond acceptors (Lipinski definition) is 5. The standard InChI is InChI=1S/C22H27N5O2S/c1-3-26-13-17(12-23-26)14-27-21(28)19(24-22(27)30)11-16-6-7-20(29-2)18(10-16)15-25-8-4-5-9-25/h6-7,10-13H,3-5,8-9,14-15H2,1-2H3,(H,24,30)/b19-11+. The van der Waals surface area contributed by atoms with E-state index in [2.05, 4.69) is 21.4 Å². The number of benzene rings is 1. The Labute approximate surface area is 182 Å². The van der Waals surface area contributed by atoms with E-state index in [1.54, 1.807) is 18.2 Å². The number of methoxy groups -OCH3 is 1. The monoisotopic (exact) mass is 425 g/mol. The Balaban J connectivity index is 1.52. The number of thiocarbonyl (C=S) groups is 1. The van der Waals surface area contributed by atoms with Gasteiger partial charge in [-0.25, -0.2) is 0 Å². The molecule has 3 heterocycles. The summed E-state index contributed by atoms with van der Waals surface area (Å²) in [4.78, 5) is 16.9. The second kappa shape index (κ2) is 8.97. The molecule has 30 heavy (non-hydrogen) atoms. The Bertz CT molecular complexity index is 978. The Morgan fingerprint density at radius 2 is 2.07 bits per heavy atom. The van der Waals surface area contributed by atoms with Crippen LogP contribution >= 0.6 is 12.2 Å². The summed E-state index contributed by atoms with van der Waals surface area (Å²) in [5.74, 6) is 0.751. The van der Waals surface area contributed by atoms with Crippen LogP contribution in [-0.2, 0) is 24.4 Å². The molecule has 4 rings (SSSR count). The van der Waals surface area contributed by atoms with Crippen LogP contribution in [0.1, 0.15) is 36.5 Å². The number of nitrogens with one attached hydrogen (secondary N) is 1. The first-order valence-corrected chi connectivity index (χ1v) is 10.7. The molecule has 8 heteroatoms. The van der Waals surface area contributed by atoms with Gasteiger partial charge in [0.15, 0.2) is 5.11 Å². The van der Waals surface area contributed by atoms with Gasteiger partial charge in [0.1, 0.15) is 11.4 Å². The number of amides is 1.